The van der Waals surface area contributed by atoms with E-state index in [0.717, 1.165) is 21.8 Å². The Hall–Kier alpha value is 0.400. The van der Waals surface area contributed by atoms with Crippen molar-refractivity contribution in [1.29, 1.82) is 0 Å². The van der Waals surface area contributed by atoms with Crippen molar-refractivity contribution in [3.05, 3.63) is 33.0 Å². The topological polar surface area (TPSA) is 0 Å². The molecular formula is C8H6Br2ClF. The fourth-order valence-corrected chi connectivity index (χ4v) is 2.12. The van der Waals surface area contributed by atoms with Crippen LogP contribution in [0.3, 0.4) is 0 Å². The molecule has 12 heavy (non-hydrogen) atoms. The van der Waals surface area contributed by atoms with Crippen molar-refractivity contribution < 1.29 is 4.39 Å². The highest BCUT2D eigenvalue weighted by Crippen LogP contribution is 2.25. The number of hydrogen-bond donors (Lipinski definition) is 0. The van der Waals surface area contributed by atoms with Gasteiger partial charge in [-0.1, -0.05) is 43.5 Å². The van der Waals surface area contributed by atoms with Gasteiger partial charge in [-0.25, -0.2) is 4.39 Å². The molecule has 0 nitrogen and oxygen atoms in total. The Kier molecular flexibility index (Phi) is 4.00. The average molecular weight is 316 g/mol. The molecule has 0 amide bonds. The van der Waals surface area contributed by atoms with Crippen LogP contribution in [0.25, 0.3) is 0 Å². The molecule has 0 saturated carbocycles. The van der Waals surface area contributed by atoms with Crippen LogP contribution in [0.15, 0.2) is 16.6 Å². The van der Waals surface area contributed by atoms with E-state index in [1.807, 2.05) is 0 Å². The van der Waals surface area contributed by atoms with Crippen molar-refractivity contribution in [2.24, 2.45) is 0 Å². The normalized spacial score (nSPS) is 10.3. The van der Waals surface area contributed by atoms with Gasteiger partial charge in [-0.05, 0) is 24.1 Å². The van der Waals surface area contributed by atoms with Gasteiger partial charge in [0.25, 0.3) is 0 Å². The molecule has 0 aromatic heterocycles. The lowest BCUT2D eigenvalue weighted by atomic mass is 10.2. The van der Waals surface area contributed by atoms with E-state index < -0.39 is 0 Å². The van der Waals surface area contributed by atoms with Gasteiger partial charge in [0.2, 0.25) is 0 Å². The van der Waals surface area contributed by atoms with Crippen molar-refractivity contribution in [3.8, 4) is 0 Å². The molecule has 0 unspecified atom stereocenters. The van der Waals surface area contributed by atoms with Crippen molar-refractivity contribution in [3.63, 3.8) is 0 Å². The summed E-state index contributed by atoms with van der Waals surface area (Å²) in [5.74, 6) is -0.365. The van der Waals surface area contributed by atoms with Gasteiger partial charge in [0.05, 0.1) is 5.02 Å². The summed E-state index contributed by atoms with van der Waals surface area (Å²) in [5, 5.41) is 0.965. The quantitative estimate of drug-likeness (QED) is 0.567. The second kappa shape index (κ2) is 4.58. The molecule has 0 spiro atoms. The number of aryl methyl sites for hydroxylation is 1. The first kappa shape index (κ1) is 10.5. The Morgan fingerprint density at radius 2 is 2.08 bits per heavy atom. The van der Waals surface area contributed by atoms with Crippen molar-refractivity contribution in [2.75, 3.05) is 5.33 Å². The largest absolute Gasteiger partial charge is 0.205 e. The monoisotopic (exact) mass is 314 g/mol. The number of benzene rings is 1. The summed E-state index contributed by atoms with van der Waals surface area (Å²) in [5.41, 5.74) is 0.925. The Morgan fingerprint density at radius 3 is 2.67 bits per heavy atom. The van der Waals surface area contributed by atoms with Crippen LogP contribution >= 0.6 is 43.5 Å². The first-order chi connectivity index (χ1) is 5.65. The van der Waals surface area contributed by atoms with E-state index in [2.05, 4.69) is 31.9 Å². The van der Waals surface area contributed by atoms with E-state index in [0.29, 0.717) is 0 Å². The van der Waals surface area contributed by atoms with Crippen molar-refractivity contribution in [1.82, 2.24) is 0 Å². The van der Waals surface area contributed by atoms with Gasteiger partial charge in [0.15, 0.2) is 0 Å². The molecule has 1 rings (SSSR count). The molecule has 0 aliphatic rings. The molecule has 0 saturated heterocycles. The standard InChI is InChI=1S/C8H6Br2ClF/c9-2-1-5-3-8(12)7(11)4-6(5)10/h3-4H,1-2H2. The van der Waals surface area contributed by atoms with Crippen molar-refractivity contribution in [2.45, 2.75) is 6.42 Å². The molecule has 1 aromatic carbocycles. The maximum atomic E-state index is 12.9. The zero-order valence-electron chi connectivity index (χ0n) is 6.08. The van der Waals surface area contributed by atoms with Gasteiger partial charge < -0.3 is 0 Å². The van der Waals surface area contributed by atoms with Gasteiger partial charge in [0, 0.05) is 9.80 Å². The van der Waals surface area contributed by atoms with E-state index >= 15 is 0 Å². The zero-order valence-corrected chi connectivity index (χ0v) is 10.0. The predicted molar refractivity (Wildman–Crippen MR) is 56.6 cm³/mol. The molecule has 0 bridgehead atoms. The summed E-state index contributed by atoms with van der Waals surface area (Å²) in [6, 6.07) is 3.03. The summed E-state index contributed by atoms with van der Waals surface area (Å²) in [6.45, 7) is 0. The van der Waals surface area contributed by atoms with Gasteiger partial charge in [0.1, 0.15) is 5.82 Å². The van der Waals surface area contributed by atoms with E-state index in [-0.39, 0.29) is 10.8 Å². The van der Waals surface area contributed by atoms with Crippen LogP contribution in [0.4, 0.5) is 4.39 Å². The number of hydrogen-bond acceptors (Lipinski definition) is 0. The highest BCUT2D eigenvalue weighted by Gasteiger charge is 2.05. The smallest absolute Gasteiger partial charge is 0.142 e. The minimum absolute atomic E-state index is 0.153. The van der Waals surface area contributed by atoms with E-state index in [4.69, 9.17) is 11.6 Å². The third-order valence-electron chi connectivity index (χ3n) is 1.45. The second-order valence-electron chi connectivity index (χ2n) is 2.30. The van der Waals surface area contributed by atoms with Crippen molar-refractivity contribution >= 4 is 43.5 Å². The van der Waals surface area contributed by atoms with Gasteiger partial charge in [-0.2, -0.15) is 0 Å². The maximum absolute atomic E-state index is 12.9. The molecule has 66 valence electrons. The molecule has 0 heterocycles. The minimum atomic E-state index is -0.365. The molecule has 0 aliphatic carbocycles. The molecule has 0 atom stereocenters. The maximum Gasteiger partial charge on any atom is 0.142 e. The van der Waals surface area contributed by atoms with Crippen LogP contribution in [0.5, 0.6) is 0 Å². The zero-order chi connectivity index (χ0) is 9.14. The summed E-state index contributed by atoms with van der Waals surface area (Å²) in [7, 11) is 0. The average Bonchev–Trinajstić information content (AvgIpc) is 2.01. The number of rotatable bonds is 2. The molecule has 0 N–H and O–H groups in total. The lowest BCUT2D eigenvalue weighted by Crippen LogP contribution is -1.90. The van der Waals surface area contributed by atoms with E-state index in [1.165, 1.54) is 6.07 Å². The molecule has 4 heteroatoms. The highest BCUT2D eigenvalue weighted by molar-refractivity contribution is 9.10. The summed E-state index contributed by atoms with van der Waals surface area (Å²) < 4.78 is 13.8. The van der Waals surface area contributed by atoms with Gasteiger partial charge >= 0.3 is 0 Å². The van der Waals surface area contributed by atoms with Gasteiger partial charge in [-0.3, -0.25) is 0 Å². The lowest BCUT2D eigenvalue weighted by molar-refractivity contribution is 0.626. The fraction of sp³-hybridized carbons (Fsp3) is 0.250. The van der Waals surface area contributed by atoms with E-state index in [1.54, 1.807) is 6.07 Å². The number of halogens is 4. The fourth-order valence-electron chi connectivity index (χ4n) is 0.857. The molecule has 0 aliphatic heterocycles. The Labute approximate surface area is 92.4 Å². The lowest BCUT2D eigenvalue weighted by Gasteiger charge is -2.03. The van der Waals surface area contributed by atoms with Crippen LogP contribution in [0.2, 0.25) is 5.02 Å². The highest BCUT2D eigenvalue weighted by atomic mass is 79.9. The SMILES string of the molecule is Fc1cc(CCBr)c(Br)cc1Cl. The molecule has 1 aromatic rings. The number of alkyl halides is 1. The van der Waals surface area contributed by atoms with E-state index in [9.17, 15) is 4.39 Å². The summed E-state index contributed by atoms with van der Waals surface area (Å²) in [4.78, 5) is 0. The second-order valence-corrected chi connectivity index (χ2v) is 4.35. The van der Waals surface area contributed by atoms with Gasteiger partial charge in [-0.15, -0.1) is 0 Å². The van der Waals surface area contributed by atoms with Crippen LogP contribution in [0, 0.1) is 5.82 Å². The Morgan fingerprint density at radius 1 is 1.42 bits per heavy atom. The predicted octanol–water partition coefficient (Wildman–Crippen LogP) is 4.18. The Bertz CT molecular complexity index is 289. The first-order valence-corrected chi connectivity index (χ1v) is 5.63. The third kappa shape index (κ3) is 2.44. The Balaban J connectivity index is 3.05. The summed E-state index contributed by atoms with van der Waals surface area (Å²) >= 11 is 12.2. The van der Waals surface area contributed by atoms with Crippen LogP contribution in [-0.4, -0.2) is 5.33 Å². The summed E-state index contributed by atoms with van der Waals surface area (Å²) in [6.07, 6.45) is 0.786. The third-order valence-corrected chi connectivity index (χ3v) is 2.88. The van der Waals surface area contributed by atoms with Crippen LogP contribution < -0.4 is 0 Å². The molecule has 0 radical (unpaired) electrons. The minimum Gasteiger partial charge on any atom is -0.205 e. The van der Waals surface area contributed by atoms with Crippen LogP contribution in [-0.2, 0) is 6.42 Å². The van der Waals surface area contributed by atoms with Crippen LogP contribution in [0.1, 0.15) is 5.56 Å². The first-order valence-electron chi connectivity index (χ1n) is 3.34. The molecular weight excluding hydrogens is 310 g/mol. The molecule has 0 fully saturated rings.